The lowest BCUT2D eigenvalue weighted by Crippen LogP contribution is -2.36. The van der Waals surface area contributed by atoms with Crippen LogP contribution < -0.4 is 10.6 Å². The van der Waals surface area contributed by atoms with Crippen LogP contribution in [0.15, 0.2) is 48.5 Å². The van der Waals surface area contributed by atoms with Gasteiger partial charge in [0.25, 0.3) is 11.8 Å². The van der Waals surface area contributed by atoms with E-state index in [1.165, 1.54) is 19.3 Å². The molecule has 2 amide bonds. The molecule has 5 heteroatoms. The van der Waals surface area contributed by atoms with Crippen LogP contribution in [-0.2, 0) is 0 Å². The minimum absolute atomic E-state index is 0.0395. The first kappa shape index (κ1) is 17.9. The van der Waals surface area contributed by atoms with Crippen molar-refractivity contribution in [3.05, 3.63) is 63.2 Å². The minimum atomic E-state index is -0.149. The molecule has 2 N–H and O–H groups in total. The molecule has 2 aromatic carbocycles. The van der Waals surface area contributed by atoms with Crippen LogP contribution >= 0.6 is 22.6 Å². The first-order valence-electron chi connectivity index (χ1n) is 8.60. The third-order valence-electron chi connectivity index (χ3n) is 4.46. The van der Waals surface area contributed by atoms with Crippen LogP contribution in [0.5, 0.6) is 0 Å². The topological polar surface area (TPSA) is 58.2 Å². The molecule has 0 aliphatic heterocycles. The van der Waals surface area contributed by atoms with E-state index in [0.29, 0.717) is 22.9 Å². The van der Waals surface area contributed by atoms with Gasteiger partial charge in [-0.05, 0) is 71.8 Å². The van der Waals surface area contributed by atoms with Crippen LogP contribution in [0.1, 0.15) is 52.8 Å². The fraction of sp³-hybridized carbons (Fsp3) is 0.300. The van der Waals surface area contributed by atoms with Gasteiger partial charge in [0, 0.05) is 20.9 Å². The Morgan fingerprint density at radius 1 is 0.880 bits per heavy atom. The maximum absolute atomic E-state index is 12.3. The number of amides is 2. The molecule has 0 unspecified atom stereocenters. The Labute approximate surface area is 161 Å². The van der Waals surface area contributed by atoms with E-state index in [1.807, 2.05) is 18.2 Å². The van der Waals surface area contributed by atoms with Crippen molar-refractivity contribution >= 4 is 40.1 Å². The largest absolute Gasteiger partial charge is 0.349 e. The first-order valence-corrected chi connectivity index (χ1v) is 9.68. The number of carbonyl (C=O) groups is 2. The third kappa shape index (κ3) is 4.81. The van der Waals surface area contributed by atoms with E-state index in [4.69, 9.17) is 0 Å². The smallest absolute Gasteiger partial charge is 0.256 e. The van der Waals surface area contributed by atoms with Crippen LogP contribution in [0.2, 0.25) is 0 Å². The van der Waals surface area contributed by atoms with E-state index in [2.05, 4.69) is 33.2 Å². The molecule has 1 aliphatic carbocycles. The molecule has 1 aliphatic rings. The zero-order valence-corrected chi connectivity index (χ0v) is 16.1. The molecule has 0 aromatic heterocycles. The molecular formula is C20H21IN2O2. The van der Waals surface area contributed by atoms with Crippen molar-refractivity contribution in [3.8, 4) is 0 Å². The van der Waals surface area contributed by atoms with Gasteiger partial charge in [0.2, 0.25) is 0 Å². The highest BCUT2D eigenvalue weighted by Crippen LogP contribution is 2.19. The number of rotatable bonds is 4. The van der Waals surface area contributed by atoms with Gasteiger partial charge in [-0.15, -0.1) is 0 Å². The fourth-order valence-corrected chi connectivity index (χ4v) is 3.70. The highest BCUT2D eigenvalue weighted by atomic mass is 127. The van der Waals surface area contributed by atoms with Gasteiger partial charge in [0.05, 0.1) is 5.56 Å². The maximum Gasteiger partial charge on any atom is 0.256 e. The van der Waals surface area contributed by atoms with E-state index < -0.39 is 0 Å². The minimum Gasteiger partial charge on any atom is -0.349 e. The summed E-state index contributed by atoms with van der Waals surface area (Å²) in [4.78, 5) is 24.6. The molecule has 0 bridgehead atoms. The second-order valence-corrected chi connectivity index (χ2v) is 7.48. The molecular weight excluding hydrogens is 427 g/mol. The summed E-state index contributed by atoms with van der Waals surface area (Å²) in [6.45, 7) is 0. The standard InChI is InChI=1S/C20H21IN2O2/c21-18-9-5-4-8-17(18)20(25)23-16-12-10-14(11-13-16)19(24)22-15-6-2-1-3-7-15/h4-5,8-13,15H,1-3,6-7H2,(H,22,24)(H,23,25). The Morgan fingerprint density at radius 2 is 1.56 bits per heavy atom. The van der Waals surface area contributed by atoms with Crippen LogP contribution in [-0.4, -0.2) is 17.9 Å². The summed E-state index contributed by atoms with van der Waals surface area (Å²) in [5.74, 6) is -0.188. The molecule has 25 heavy (non-hydrogen) atoms. The normalized spacial score (nSPS) is 14.8. The zero-order chi connectivity index (χ0) is 17.6. The zero-order valence-electron chi connectivity index (χ0n) is 13.9. The Bertz CT molecular complexity index is 753. The van der Waals surface area contributed by atoms with Gasteiger partial charge >= 0.3 is 0 Å². The van der Waals surface area contributed by atoms with Crippen molar-refractivity contribution in [2.75, 3.05) is 5.32 Å². The highest BCUT2D eigenvalue weighted by Gasteiger charge is 2.16. The molecule has 0 radical (unpaired) electrons. The van der Waals surface area contributed by atoms with Crippen LogP contribution in [0.3, 0.4) is 0 Å². The quantitative estimate of drug-likeness (QED) is 0.672. The molecule has 130 valence electrons. The van der Waals surface area contributed by atoms with Crippen LogP contribution in [0.25, 0.3) is 0 Å². The van der Waals surface area contributed by atoms with Crippen LogP contribution in [0, 0.1) is 3.57 Å². The molecule has 1 fully saturated rings. The van der Waals surface area contributed by atoms with Crippen molar-refractivity contribution in [2.24, 2.45) is 0 Å². The van der Waals surface area contributed by atoms with E-state index in [9.17, 15) is 9.59 Å². The summed E-state index contributed by atoms with van der Waals surface area (Å²) in [5, 5.41) is 5.97. The number of hydrogen-bond acceptors (Lipinski definition) is 2. The maximum atomic E-state index is 12.3. The Kier molecular flexibility index (Phi) is 6.07. The van der Waals surface area contributed by atoms with Crippen molar-refractivity contribution in [2.45, 2.75) is 38.1 Å². The molecule has 2 aromatic rings. The van der Waals surface area contributed by atoms with Gasteiger partial charge in [-0.2, -0.15) is 0 Å². The van der Waals surface area contributed by atoms with E-state index >= 15 is 0 Å². The van der Waals surface area contributed by atoms with Crippen molar-refractivity contribution < 1.29 is 9.59 Å². The summed E-state index contributed by atoms with van der Waals surface area (Å²) < 4.78 is 0.904. The van der Waals surface area contributed by atoms with Gasteiger partial charge in [0.1, 0.15) is 0 Å². The summed E-state index contributed by atoms with van der Waals surface area (Å²) in [6.07, 6.45) is 5.77. The van der Waals surface area contributed by atoms with Crippen molar-refractivity contribution in [1.82, 2.24) is 5.32 Å². The molecule has 0 atom stereocenters. The van der Waals surface area contributed by atoms with Crippen LogP contribution in [0.4, 0.5) is 5.69 Å². The molecule has 1 saturated carbocycles. The lowest BCUT2D eigenvalue weighted by atomic mass is 9.95. The van der Waals surface area contributed by atoms with Crippen molar-refractivity contribution in [3.63, 3.8) is 0 Å². The molecule has 3 rings (SSSR count). The monoisotopic (exact) mass is 448 g/mol. The lowest BCUT2D eigenvalue weighted by Gasteiger charge is -2.22. The molecule has 0 heterocycles. The average Bonchev–Trinajstić information content (AvgIpc) is 2.63. The predicted molar refractivity (Wildman–Crippen MR) is 108 cm³/mol. The highest BCUT2D eigenvalue weighted by molar-refractivity contribution is 14.1. The molecule has 4 nitrogen and oxygen atoms in total. The molecule has 0 saturated heterocycles. The fourth-order valence-electron chi connectivity index (χ4n) is 3.06. The number of hydrogen-bond donors (Lipinski definition) is 2. The van der Waals surface area contributed by atoms with E-state index in [-0.39, 0.29) is 11.8 Å². The predicted octanol–water partition coefficient (Wildman–Crippen LogP) is 4.61. The number of anilines is 1. The van der Waals surface area contributed by atoms with E-state index in [1.54, 1.807) is 30.3 Å². The first-order chi connectivity index (χ1) is 12.1. The second kappa shape index (κ2) is 8.47. The third-order valence-corrected chi connectivity index (χ3v) is 5.40. The number of benzene rings is 2. The second-order valence-electron chi connectivity index (χ2n) is 6.32. The Morgan fingerprint density at radius 3 is 2.24 bits per heavy atom. The SMILES string of the molecule is O=C(NC1CCCCC1)c1ccc(NC(=O)c2ccccc2I)cc1. The van der Waals surface area contributed by atoms with E-state index in [0.717, 1.165) is 16.4 Å². The molecule has 0 spiro atoms. The van der Waals surface area contributed by atoms with Gasteiger partial charge in [-0.1, -0.05) is 31.4 Å². The number of halogens is 1. The number of carbonyl (C=O) groups excluding carboxylic acids is 2. The van der Waals surface area contributed by atoms with Gasteiger partial charge < -0.3 is 10.6 Å². The lowest BCUT2D eigenvalue weighted by molar-refractivity contribution is 0.0927. The summed E-state index contributed by atoms with van der Waals surface area (Å²) in [7, 11) is 0. The summed E-state index contributed by atoms with van der Waals surface area (Å²) in [5.41, 5.74) is 1.94. The van der Waals surface area contributed by atoms with Gasteiger partial charge in [-0.25, -0.2) is 0 Å². The van der Waals surface area contributed by atoms with Gasteiger partial charge in [-0.3, -0.25) is 9.59 Å². The Balaban J connectivity index is 1.61. The van der Waals surface area contributed by atoms with Crippen molar-refractivity contribution in [1.29, 1.82) is 0 Å². The Hall–Kier alpha value is -1.89. The summed E-state index contributed by atoms with van der Waals surface area (Å²) >= 11 is 2.14. The summed E-state index contributed by atoms with van der Waals surface area (Å²) in [6, 6.07) is 14.8. The average molecular weight is 448 g/mol. The number of nitrogens with one attached hydrogen (secondary N) is 2. The van der Waals surface area contributed by atoms with Gasteiger partial charge in [0.15, 0.2) is 0 Å².